The number of hydrogen-bond acceptors (Lipinski definition) is 3. The predicted molar refractivity (Wildman–Crippen MR) is 195 cm³/mol. The van der Waals surface area contributed by atoms with Crippen LogP contribution in [0, 0.1) is 0 Å². The molecule has 0 unspecified atom stereocenters. The lowest BCUT2D eigenvalue weighted by Gasteiger charge is -2.14. The van der Waals surface area contributed by atoms with Crippen LogP contribution in [0.5, 0.6) is 0 Å². The first-order valence-corrected chi connectivity index (χ1v) is 16.4. The molecule has 4 heteroatoms. The van der Waals surface area contributed by atoms with Crippen LogP contribution in [0.4, 0.5) is 0 Å². The molecular weight excluding hydrogens is 579 g/mol. The third-order valence-electron chi connectivity index (χ3n) is 9.25. The van der Waals surface area contributed by atoms with Crippen molar-refractivity contribution in [2.75, 3.05) is 0 Å². The number of nitrogens with zero attached hydrogens (tertiary/aromatic N) is 3. The van der Waals surface area contributed by atoms with Crippen molar-refractivity contribution in [2.24, 2.45) is 0 Å². The monoisotopic (exact) mass is 603 g/mol. The second-order valence-corrected chi connectivity index (χ2v) is 12.7. The van der Waals surface area contributed by atoms with E-state index in [-0.39, 0.29) is 0 Å². The molecule has 0 spiro atoms. The van der Waals surface area contributed by atoms with E-state index in [9.17, 15) is 0 Å². The van der Waals surface area contributed by atoms with E-state index in [0.717, 1.165) is 33.5 Å². The quantitative estimate of drug-likeness (QED) is 0.188. The minimum absolute atomic E-state index is 0.670. The average molecular weight is 604 g/mol. The molecule has 0 atom stereocenters. The van der Waals surface area contributed by atoms with Gasteiger partial charge in [-0.15, -0.1) is 11.3 Å². The van der Waals surface area contributed by atoms with Crippen LogP contribution >= 0.6 is 11.3 Å². The summed E-state index contributed by atoms with van der Waals surface area (Å²) in [5.74, 6) is 0.670. The summed E-state index contributed by atoms with van der Waals surface area (Å²) in [6.07, 6.45) is 0. The number of fused-ring (bicyclic) bond motifs is 13. The van der Waals surface area contributed by atoms with Gasteiger partial charge in [0.15, 0.2) is 0 Å². The molecule has 10 aromatic rings. The summed E-state index contributed by atoms with van der Waals surface area (Å²) in [6, 6.07) is 51.7. The van der Waals surface area contributed by atoms with E-state index in [1.54, 1.807) is 11.3 Å². The fourth-order valence-corrected chi connectivity index (χ4v) is 8.26. The first kappa shape index (κ1) is 25.5. The molecule has 0 N–H and O–H groups in total. The minimum Gasteiger partial charge on any atom is -0.277 e. The van der Waals surface area contributed by atoms with Crippen LogP contribution in [0.15, 0.2) is 151 Å². The van der Waals surface area contributed by atoms with Gasteiger partial charge in [-0.25, -0.2) is 9.97 Å². The van der Waals surface area contributed by atoms with Gasteiger partial charge in [-0.1, -0.05) is 133 Å². The minimum atomic E-state index is 0.670. The highest BCUT2D eigenvalue weighted by Gasteiger charge is 2.25. The summed E-state index contributed by atoms with van der Waals surface area (Å²) in [5, 5.41) is 13.4. The molecule has 46 heavy (non-hydrogen) atoms. The Bertz CT molecular complexity index is 2740. The zero-order valence-corrected chi connectivity index (χ0v) is 25.5. The van der Waals surface area contributed by atoms with Crippen LogP contribution in [0.1, 0.15) is 0 Å². The van der Waals surface area contributed by atoms with Gasteiger partial charge in [0.25, 0.3) is 0 Å². The molecule has 0 saturated heterocycles. The van der Waals surface area contributed by atoms with Crippen LogP contribution in [0.2, 0.25) is 0 Å². The maximum absolute atomic E-state index is 5.39. The highest BCUT2D eigenvalue weighted by Crippen LogP contribution is 2.48. The molecular formula is C42H25N3S. The van der Waals surface area contributed by atoms with E-state index >= 15 is 0 Å². The van der Waals surface area contributed by atoms with Gasteiger partial charge in [-0.2, -0.15) is 0 Å². The maximum atomic E-state index is 5.39. The zero-order chi connectivity index (χ0) is 30.2. The van der Waals surface area contributed by atoms with Gasteiger partial charge in [0.1, 0.15) is 0 Å². The van der Waals surface area contributed by atoms with Crippen molar-refractivity contribution in [3.8, 4) is 28.5 Å². The van der Waals surface area contributed by atoms with Crippen molar-refractivity contribution in [2.45, 2.75) is 0 Å². The normalized spacial score (nSPS) is 11.9. The van der Waals surface area contributed by atoms with E-state index < -0.39 is 0 Å². The van der Waals surface area contributed by atoms with Crippen LogP contribution < -0.4 is 0 Å². The fourth-order valence-electron chi connectivity index (χ4n) is 7.32. The number of thiophene rings is 1. The fraction of sp³-hybridized carbons (Fsp3) is 0. The van der Waals surface area contributed by atoms with Crippen molar-refractivity contribution in [3.63, 3.8) is 0 Å². The smallest absolute Gasteiger partial charge is 0.235 e. The Morgan fingerprint density at radius 3 is 1.48 bits per heavy atom. The van der Waals surface area contributed by atoms with E-state index in [4.69, 9.17) is 9.97 Å². The van der Waals surface area contributed by atoms with Gasteiger partial charge in [0, 0.05) is 42.8 Å². The van der Waals surface area contributed by atoms with E-state index in [0.29, 0.717) is 5.95 Å². The highest BCUT2D eigenvalue weighted by atomic mass is 32.1. The molecule has 0 amide bonds. The molecule has 0 aliphatic carbocycles. The Morgan fingerprint density at radius 2 is 0.870 bits per heavy atom. The van der Waals surface area contributed by atoms with Gasteiger partial charge < -0.3 is 0 Å². The van der Waals surface area contributed by atoms with Gasteiger partial charge in [-0.3, -0.25) is 4.57 Å². The molecule has 0 aliphatic heterocycles. The highest BCUT2D eigenvalue weighted by molar-refractivity contribution is 7.18. The van der Waals surface area contributed by atoms with Crippen LogP contribution in [-0.2, 0) is 0 Å². The second-order valence-electron chi connectivity index (χ2n) is 11.8. The zero-order valence-electron chi connectivity index (χ0n) is 24.7. The molecule has 0 aliphatic rings. The van der Waals surface area contributed by atoms with Gasteiger partial charge in [0.2, 0.25) is 5.95 Å². The molecule has 3 heterocycles. The average Bonchev–Trinajstić information content (AvgIpc) is 3.77. The molecule has 3 nitrogen and oxygen atoms in total. The van der Waals surface area contributed by atoms with E-state index in [2.05, 4.69) is 143 Å². The molecule has 0 radical (unpaired) electrons. The Balaban J connectivity index is 1.50. The summed E-state index contributed by atoms with van der Waals surface area (Å²) in [4.78, 5) is 10.8. The van der Waals surface area contributed by atoms with Gasteiger partial charge in [-0.05, 0) is 39.1 Å². The predicted octanol–water partition coefficient (Wildman–Crippen LogP) is 11.6. The Kier molecular flexibility index (Phi) is 5.45. The summed E-state index contributed by atoms with van der Waals surface area (Å²) in [7, 11) is 0. The van der Waals surface area contributed by atoms with E-state index in [1.165, 1.54) is 53.2 Å². The molecule has 10 rings (SSSR count). The second kappa shape index (κ2) is 9.83. The number of hydrogen-bond donors (Lipinski definition) is 0. The van der Waals surface area contributed by atoms with Crippen molar-refractivity contribution in [1.82, 2.24) is 14.5 Å². The van der Waals surface area contributed by atoms with Crippen molar-refractivity contribution < 1.29 is 0 Å². The number of benzene rings is 7. The third-order valence-corrected chi connectivity index (χ3v) is 10.2. The SMILES string of the molecule is c1ccc(-c2cc(-c3ccccc3)nc(-n3c4c5ccccc5c5ccccc5c4c4c5ccccc5c5sccc5c43)n2)cc1. The van der Waals surface area contributed by atoms with E-state index in [1.807, 2.05) is 12.1 Å². The molecule has 0 bridgehead atoms. The maximum Gasteiger partial charge on any atom is 0.235 e. The van der Waals surface area contributed by atoms with Crippen LogP contribution in [-0.4, -0.2) is 14.5 Å². The van der Waals surface area contributed by atoms with Gasteiger partial charge >= 0.3 is 0 Å². The number of rotatable bonds is 3. The first-order chi connectivity index (χ1) is 22.8. The Morgan fingerprint density at radius 1 is 0.413 bits per heavy atom. The van der Waals surface area contributed by atoms with Crippen LogP contribution in [0.3, 0.4) is 0 Å². The molecule has 7 aromatic carbocycles. The lowest BCUT2D eigenvalue weighted by molar-refractivity contribution is 1.00. The molecule has 3 aromatic heterocycles. The third kappa shape index (κ3) is 3.59. The lowest BCUT2D eigenvalue weighted by atomic mass is 9.94. The Hall–Kier alpha value is -5.84. The lowest BCUT2D eigenvalue weighted by Crippen LogP contribution is -2.04. The summed E-state index contributed by atoms with van der Waals surface area (Å²) >= 11 is 1.80. The van der Waals surface area contributed by atoms with Crippen molar-refractivity contribution in [1.29, 1.82) is 0 Å². The standard InChI is InChI=1S/C42H25N3S/c1-3-13-26(14-4-1)35-25-36(27-15-5-2-6-16-27)44-42(43-35)45-39-32-21-11-8-18-29(32)28-17-7-9-19-30(28)37(39)38-31-20-10-12-22-33(31)41-34(40(38)45)23-24-46-41/h1-25H. The summed E-state index contributed by atoms with van der Waals surface area (Å²) in [6.45, 7) is 0. The topological polar surface area (TPSA) is 30.7 Å². The Labute approximate surface area is 268 Å². The number of aromatic nitrogens is 3. The van der Waals surface area contributed by atoms with Crippen LogP contribution in [0.25, 0.3) is 92.7 Å². The summed E-state index contributed by atoms with van der Waals surface area (Å²) in [5.41, 5.74) is 6.20. The largest absolute Gasteiger partial charge is 0.277 e. The molecule has 214 valence electrons. The summed E-state index contributed by atoms with van der Waals surface area (Å²) < 4.78 is 3.64. The first-order valence-electron chi connectivity index (χ1n) is 15.5. The van der Waals surface area contributed by atoms with Gasteiger partial charge in [0.05, 0.1) is 22.4 Å². The van der Waals surface area contributed by atoms with Crippen molar-refractivity contribution in [3.05, 3.63) is 151 Å². The molecule has 0 fully saturated rings. The van der Waals surface area contributed by atoms with Crippen molar-refractivity contribution >= 4 is 75.5 Å². The molecule has 0 saturated carbocycles.